The first-order valence-electron chi connectivity index (χ1n) is 8.82. The van der Waals surface area contributed by atoms with Crippen LogP contribution in [0.25, 0.3) is 0 Å². The van der Waals surface area contributed by atoms with Crippen molar-refractivity contribution in [2.75, 3.05) is 12.4 Å². The SMILES string of the molecule is COC(=O)c1ccc(F)c(NC(=O)[C@H]2[C@H](c3ccncc3)[C@@H]3CC[C@@H]2O3)c1. The molecular formula is C20H19FN2O4. The maximum Gasteiger partial charge on any atom is 0.337 e. The van der Waals surface area contributed by atoms with E-state index in [2.05, 4.69) is 15.0 Å². The molecule has 0 saturated carbocycles. The number of carbonyl (C=O) groups is 2. The fourth-order valence-electron chi connectivity index (χ4n) is 4.10. The van der Waals surface area contributed by atoms with Gasteiger partial charge in [-0.1, -0.05) is 0 Å². The smallest absolute Gasteiger partial charge is 0.337 e. The van der Waals surface area contributed by atoms with Crippen LogP contribution in [0, 0.1) is 11.7 Å². The van der Waals surface area contributed by atoms with Gasteiger partial charge in [0.25, 0.3) is 0 Å². The molecule has 0 aliphatic carbocycles. The lowest BCUT2D eigenvalue weighted by atomic mass is 9.75. The van der Waals surface area contributed by atoms with Crippen molar-refractivity contribution in [3.63, 3.8) is 0 Å². The zero-order valence-electron chi connectivity index (χ0n) is 14.7. The maximum absolute atomic E-state index is 14.2. The second-order valence-electron chi connectivity index (χ2n) is 6.80. The quantitative estimate of drug-likeness (QED) is 0.838. The zero-order valence-corrected chi connectivity index (χ0v) is 14.7. The fourth-order valence-corrected chi connectivity index (χ4v) is 4.10. The predicted molar refractivity (Wildman–Crippen MR) is 94.7 cm³/mol. The van der Waals surface area contributed by atoms with Crippen LogP contribution in [0.1, 0.15) is 34.7 Å². The van der Waals surface area contributed by atoms with Crippen LogP contribution in [0.15, 0.2) is 42.7 Å². The molecule has 1 N–H and O–H groups in total. The van der Waals surface area contributed by atoms with Crippen molar-refractivity contribution in [2.24, 2.45) is 5.92 Å². The van der Waals surface area contributed by atoms with Crippen LogP contribution in [-0.2, 0) is 14.3 Å². The molecule has 4 atom stereocenters. The summed E-state index contributed by atoms with van der Waals surface area (Å²) in [5.74, 6) is -2.04. The summed E-state index contributed by atoms with van der Waals surface area (Å²) in [4.78, 5) is 28.7. The van der Waals surface area contributed by atoms with Gasteiger partial charge in [0, 0.05) is 18.3 Å². The molecule has 2 fully saturated rings. The molecule has 140 valence electrons. The minimum Gasteiger partial charge on any atom is -0.465 e. The van der Waals surface area contributed by atoms with Gasteiger partial charge in [0.15, 0.2) is 0 Å². The van der Waals surface area contributed by atoms with E-state index >= 15 is 0 Å². The van der Waals surface area contributed by atoms with Gasteiger partial charge in [-0.25, -0.2) is 9.18 Å². The number of aromatic nitrogens is 1. The normalized spacial score (nSPS) is 26.0. The van der Waals surface area contributed by atoms with Gasteiger partial charge in [-0.3, -0.25) is 9.78 Å². The first-order chi connectivity index (χ1) is 13.1. The number of hydrogen-bond acceptors (Lipinski definition) is 5. The number of carbonyl (C=O) groups excluding carboxylic acids is 2. The third-order valence-electron chi connectivity index (χ3n) is 5.31. The summed E-state index contributed by atoms with van der Waals surface area (Å²) in [5.41, 5.74) is 1.12. The number of methoxy groups -OCH3 is 1. The van der Waals surface area contributed by atoms with Crippen LogP contribution in [-0.4, -0.2) is 36.2 Å². The highest BCUT2D eigenvalue weighted by Crippen LogP contribution is 2.49. The van der Waals surface area contributed by atoms with Gasteiger partial charge < -0.3 is 14.8 Å². The summed E-state index contributed by atoms with van der Waals surface area (Å²) in [6.45, 7) is 0. The molecule has 4 rings (SSSR count). The number of nitrogens with zero attached hydrogens (tertiary/aromatic N) is 1. The lowest BCUT2D eigenvalue weighted by Gasteiger charge is -2.27. The van der Waals surface area contributed by atoms with Crippen molar-refractivity contribution in [1.82, 2.24) is 4.98 Å². The first kappa shape index (κ1) is 17.6. The zero-order chi connectivity index (χ0) is 19.0. The Morgan fingerprint density at radius 3 is 2.67 bits per heavy atom. The molecular weight excluding hydrogens is 351 g/mol. The lowest BCUT2D eigenvalue weighted by molar-refractivity contribution is -0.121. The number of benzene rings is 1. The summed E-state index contributed by atoms with van der Waals surface area (Å²) in [5, 5.41) is 2.64. The molecule has 0 radical (unpaired) electrons. The standard InChI is InChI=1S/C20H19FN2O4/c1-26-20(25)12-2-3-13(21)14(10-12)23-19(24)18-16-5-4-15(27-16)17(18)11-6-8-22-9-7-11/h2-3,6-10,15-18H,4-5H2,1H3,(H,23,24)/t15-,16-,17+,18+/m0/s1. The van der Waals surface area contributed by atoms with E-state index in [1.54, 1.807) is 12.4 Å². The molecule has 1 amide bonds. The van der Waals surface area contributed by atoms with Crippen LogP contribution in [0.5, 0.6) is 0 Å². The van der Waals surface area contributed by atoms with Crippen LogP contribution >= 0.6 is 0 Å². The van der Waals surface area contributed by atoms with E-state index in [0.717, 1.165) is 24.5 Å². The van der Waals surface area contributed by atoms with E-state index in [0.29, 0.717) is 0 Å². The number of halogens is 1. The second kappa shape index (κ2) is 7.08. The fraction of sp³-hybridized carbons (Fsp3) is 0.350. The number of amides is 1. The second-order valence-corrected chi connectivity index (χ2v) is 6.80. The molecule has 1 aromatic heterocycles. The van der Waals surface area contributed by atoms with Crippen LogP contribution < -0.4 is 5.32 Å². The van der Waals surface area contributed by atoms with Crippen LogP contribution in [0.4, 0.5) is 10.1 Å². The maximum atomic E-state index is 14.2. The molecule has 2 aromatic rings. The topological polar surface area (TPSA) is 77.5 Å². The summed E-state index contributed by atoms with van der Waals surface area (Å²) in [6, 6.07) is 7.51. The van der Waals surface area contributed by atoms with Gasteiger partial charge in [-0.05, 0) is 48.7 Å². The molecule has 1 aromatic carbocycles. The Hall–Kier alpha value is -2.80. The average molecular weight is 370 g/mol. The van der Waals surface area contributed by atoms with Crippen LogP contribution in [0.2, 0.25) is 0 Å². The number of anilines is 1. The summed E-state index contributed by atoms with van der Waals surface area (Å²) in [7, 11) is 1.25. The molecule has 2 aliphatic rings. The summed E-state index contributed by atoms with van der Waals surface area (Å²) >= 11 is 0. The Balaban J connectivity index is 1.60. The first-order valence-corrected chi connectivity index (χ1v) is 8.82. The van der Waals surface area contributed by atoms with E-state index < -0.39 is 17.7 Å². The van der Waals surface area contributed by atoms with E-state index in [-0.39, 0.29) is 35.3 Å². The van der Waals surface area contributed by atoms with Gasteiger partial charge in [0.05, 0.1) is 36.5 Å². The third kappa shape index (κ3) is 3.19. The van der Waals surface area contributed by atoms with E-state index in [1.165, 1.54) is 19.2 Å². The van der Waals surface area contributed by atoms with Crippen molar-refractivity contribution >= 4 is 17.6 Å². The molecule has 0 spiro atoms. The number of nitrogens with one attached hydrogen (secondary N) is 1. The molecule has 2 bridgehead atoms. The van der Waals surface area contributed by atoms with Crippen molar-refractivity contribution in [3.8, 4) is 0 Å². The Kier molecular flexibility index (Phi) is 4.61. The Bertz CT molecular complexity index is 874. The molecule has 27 heavy (non-hydrogen) atoms. The third-order valence-corrected chi connectivity index (χ3v) is 5.31. The number of pyridine rings is 1. The molecule has 2 aliphatic heterocycles. The summed E-state index contributed by atoms with van der Waals surface area (Å²) in [6.07, 6.45) is 4.85. The number of ether oxygens (including phenoxy) is 2. The van der Waals surface area contributed by atoms with E-state index in [9.17, 15) is 14.0 Å². The van der Waals surface area contributed by atoms with Gasteiger partial charge in [-0.2, -0.15) is 0 Å². The monoisotopic (exact) mass is 370 g/mol. The molecule has 7 heteroatoms. The van der Waals surface area contributed by atoms with Crippen molar-refractivity contribution in [1.29, 1.82) is 0 Å². The van der Waals surface area contributed by atoms with Crippen molar-refractivity contribution < 1.29 is 23.5 Å². The minimum atomic E-state index is -0.611. The number of fused-ring (bicyclic) bond motifs is 2. The largest absolute Gasteiger partial charge is 0.465 e. The number of hydrogen-bond donors (Lipinski definition) is 1. The number of rotatable bonds is 4. The highest BCUT2D eigenvalue weighted by Gasteiger charge is 2.52. The minimum absolute atomic E-state index is 0.0283. The lowest BCUT2D eigenvalue weighted by Crippen LogP contribution is -2.36. The van der Waals surface area contributed by atoms with Crippen molar-refractivity contribution in [3.05, 3.63) is 59.7 Å². The molecule has 2 saturated heterocycles. The van der Waals surface area contributed by atoms with Crippen molar-refractivity contribution in [2.45, 2.75) is 31.0 Å². The Labute approximate surface area is 155 Å². The van der Waals surface area contributed by atoms with Crippen LogP contribution in [0.3, 0.4) is 0 Å². The van der Waals surface area contributed by atoms with E-state index in [1.807, 2.05) is 12.1 Å². The predicted octanol–water partition coefficient (Wildman–Crippen LogP) is 2.91. The van der Waals surface area contributed by atoms with Gasteiger partial charge in [0.1, 0.15) is 5.82 Å². The van der Waals surface area contributed by atoms with Gasteiger partial charge in [0.2, 0.25) is 5.91 Å². The highest BCUT2D eigenvalue weighted by atomic mass is 19.1. The molecule has 0 unspecified atom stereocenters. The molecule has 6 nitrogen and oxygen atoms in total. The Morgan fingerprint density at radius 2 is 1.93 bits per heavy atom. The summed E-state index contributed by atoms with van der Waals surface area (Å²) < 4.78 is 24.8. The molecule has 3 heterocycles. The van der Waals surface area contributed by atoms with E-state index in [4.69, 9.17) is 4.74 Å². The van der Waals surface area contributed by atoms with Gasteiger partial charge >= 0.3 is 5.97 Å². The Morgan fingerprint density at radius 1 is 1.19 bits per heavy atom. The number of esters is 1. The highest BCUT2D eigenvalue weighted by molar-refractivity contribution is 5.96. The van der Waals surface area contributed by atoms with Gasteiger partial charge in [-0.15, -0.1) is 0 Å². The average Bonchev–Trinajstić information content (AvgIpc) is 3.31.